The van der Waals surface area contributed by atoms with Crippen molar-refractivity contribution in [2.24, 2.45) is 5.73 Å². The maximum Gasteiger partial charge on any atom is 0.251 e. The van der Waals surface area contributed by atoms with Crippen LogP contribution in [0, 0.1) is 18.8 Å². The number of thiophene rings is 1. The molecule has 3 nitrogen and oxygen atoms in total. The Morgan fingerprint density at radius 1 is 1.43 bits per heavy atom. The van der Waals surface area contributed by atoms with E-state index in [4.69, 9.17) is 17.3 Å². The predicted octanol–water partition coefficient (Wildman–Crippen LogP) is 2.95. The molecule has 1 amide bonds. The van der Waals surface area contributed by atoms with Crippen LogP contribution in [0.2, 0.25) is 5.02 Å². The van der Waals surface area contributed by atoms with E-state index < -0.39 is 0 Å². The predicted molar refractivity (Wildman–Crippen MR) is 87.6 cm³/mol. The van der Waals surface area contributed by atoms with Crippen LogP contribution >= 0.6 is 22.9 Å². The van der Waals surface area contributed by atoms with Gasteiger partial charge in [-0.3, -0.25) is 4.79 Å². The largest absolute Gasteiger partial charge is 0.348 e. The number of hydrogen-bond acceptors (Lipinski definition) is 3. The lowest BCUT2D eigenvalue weighted by Gasteiger charge is -2.06. The van der Waals surface area contributed by atoms with Crippen LogP contribution in [0.25, 0.3) is 0 Å². The third kappa shape index (κ3) is 4.08. The molecule has 0 saturated heterocycles. The van der Waals surface area contributed by atoms with Gasteiger partial charge in [0.2, 0.25) is 0 Å². The minimum absolute atomic E-state index is 0.152. The van der Waals surface area contributed by atoms with Gasteiger partial charge in [0.05, 0.1) is 11.6 Å². The fourth-order valence-electron chi connectivity index (χ4n) is 1.75. The summed E-state index contributed by atoms with van der Waals surface area (Å²) in [5.74, 6) is 5.45. The van der Waals surface area contributed by atoms with Crippen molar-refractivity contribution in [3.63, 3.8) is 0 Å². The summed E-state index contributed by atoms with van der Waals surface area (Å²) in [5, 5.41) is 7.43. The van der Waals surface area contributed by atoms with Crippen LogP contribution in [-0.2, 0) is 6.54 Å². The van der Waals surface area contributed by atoms with Gasteiger partial charge in [-0.15, -0.1) is 0 Å². The molecule has 0 atom stereocenters. The van der Waals surface area contributed by atoms with Crippen molar-refractivity contribution in [2.75, 3.05) is 6.54 Å². The molecule has 108 valence electrons. The molecular weight excluding hydrogens is 304 g/mol. The molecule has 5 heteroatoms. The van der Waals surface area contributed by atoms with Crippen LogP contribution in [0.4, 0.5) is 0 Å². The fraction of sp³-hybridized carbons (Fsp3) is 0.188. The molecule has 0 radical (unpaired) electrons. The van der Waals surface area contributed by atoms with E-state index >= 15 is 0 Å². The van der Waals surface area contributed by atoms with Gasteiger partial charge < -0.3 is 11.1 Å². The van der Waals surface area contributed by atoms with E-state index in [0.29, 0.717) is 22.7 Å². The number of carbonyl (C=O) groups excluding carboxylic acids is 1. The van der Waals surface area contributed by atoms with Crippen LogP contribution in [0.3, 0.4) is 0 Å². The standard InChI is InChI=1S/C16H15ClN2OS/c1-11-9-21-10-14(11)8-19-16(20)13-5-4-12(3-2-6-18)15(17)7-13/h4-5,7,9-10H,6,8,18H2,1H3,(H,19,20). The first kappa shape index (κ1) is 15.6. The maximum absolute atomic E-state index is 12.1. The third-order valence-electron chi connectivity index (χ3n) is 2.96. The summed E-state index contributed by atoms with van der Waals surface area (Å²) in [6.45, 7) is 2.82. The normalized spacial score (nSPS) is 9.86. The van der Waals surface area contributed by atoms with Gasteiger partial charge >= 0.3 is 0 Å². The van der Waals surface area contributed by atoms with Crippen molar-refractivity contribution >= 4 is 28.8 Å². The second-order valence-electron chi connectivity index (χ2n) is 4.46. The molecule has 0 bridgehead atoms. The number of aryl methyl sites for hydroxylation is 1. The Morgan fingerprint density at radius 2 is 2.24 bits per heavy atom. The summed E-state index contributed by atoms with van der Waals surface area (Å²) < 4.78 is 0. The molecule has 1 aromatic heterocycles. The summed E-state index contributed by atoms with van der Waals surface area (Å²) in [6.07, 6.45) is 0. The topological polar surface area (TPSA) is 55.1 Å². The summed E-state index contributed by atoms with van der Waals surface area (Å²) in [6, 6.07) is 5.07. The molecule has 0 aliphatic heterocycles. The number of benzene rings is 1. The maximum atomic E-state index is 12.1. The molecular formula is C16H15ClN2OS. The SMILES string of the molecule is Cc1cscc1CNC(=O)c1ccc(C#CCN)c(Cl)c1. The van der Waals surface area contributed by atoms with Gasteiger partial charge in [0.1, 0.15) is 0 Å². The second-order valence-corrected chi connectivity index (χ2v) is 5.61. The Labute approximate surface area is 133 Å². The number of rotatable bonds is 3. The van der Waals surface area contributed by atoms with E-state index in [1.54, 1.807) is 29.5 Å². The fourth-order valence-corrected chi connectivity index (χ4v) is 2.83. The highest BCUT2D eigenvalue weighted by Gasteiger charge is 2.08. The van der Waals surface area contributed by atoms with E-state index in [1.807, 2.05) is 12.3 Å². The van der Waals surface area contributed by atoms with E-state index in [-0.39, 0.29) is 12.5 Å². The van der Waals surface area contributed by atoms with Crippen LogP contribution in [-0.4, -0.2) is 12.5 Å². The quantitative estimate of drug-likeness (QED) is 0.855. The van der Waals surface area contributed by atoms with Crippen molar-refractivity contribution in [3.8, 4) is 11.8 Å². The molecule has 1 aromatic carbocycles. The van der Waals surface area contributed by atoms with Crippen molar-refractivity contribution in [3.05, 3.63) is 56.2 Å². The number of amides is 1. The molecule has 0 saturated carbocycles. The van der Waals surface area contributed by atoms with E-state index in [9.17, 15) is 4.79 Å². The van der Waals surface area contributed by atoms with Gasteiger partial charge in [-0.2, -0.15) is 11.3 Å². The lowest BCUT2D eigenvalue weighted by Crippen LogP contribution is -2.22. The van der Waals surface area contributed by atoms with Crippen LogP contribution in [0.15, 0.2) is 29.0 Å². The highest BCUT2D eigenvalue weighted by atomic mass is 35.5. The van der Waals surface area contributed by atoms with Gasteiger partial charge in [-0.05, 0) is 47.0 Å². The number of carbonyl (C=O) groups is 1. The van der Waals surface area contributed by atoms with Gasteiger partial charge in [0.15, 0.2) is 0 Å². The Kier molecular flexibility index (Phi) is 5.40. The minimum atomic E-state index is -0.152. The number of nitrogens with two attached hydrogens (primary N) is 1. The van der Waals surface area contributed by atoms with Gasteiger partial charge in [-0.1, -0.05) is 23.4 Å². The van der Waals surface area contributed by atoms with Crippen LogP contribution in [0.1, 0.15) is 27.0 Å². The number of nitrogens with one attached hydrogen (secondary N) is 1. The molecule has 0 spiro atoms. The molecule has 1 heterocycles. The monoisotopic (exact) mass is 318 g/mol. The Hall–Kier alpha value is -1.80. The number of hydrogen-bond donors (Lipinski definition) is 2. The molecule has 2 rings (SSSR count). The van der Waals surface area contributed by atoms with Crippen molar-refractivity contribution in [1.29, 1.82) is 0 Å². The first-order valence-corrected chi connectivity index (χ1v) is 7.72. The summed E-state index contributed by atoms with van der Waals surface area (Å²) in [5.41, 5.74) is 8.83. The van der Waals surface area contributed by atoms with E-state index in [2.05, 4.69) is 22.5 Å². The zero-order valence-electron chi connectivity index (χ0n) is 11.6. The Bertz CT molecular complexity index is 713. The number of halogens is 1. The molecule has 2 aromatic rings. The van der Waals surface area contributed by atoms with Crippen LogP contribution < -0.4 is 11.1 Å². The van der Waals surface area contributed by atoms with Gasteiger partial charge in [0, 0.05) is 17.7 Å². The van der Waals surface area contributed by atoms with Gasteiger partial charge in [0.25, 0.3) is 5.91 Å². The lowest BCUT2D eigenvalue weighted by atomic mass is 10.1. The average Bonchev–Trinajstić information content (AvgIpc) is 2.88. The molecule has 21 heavy (non-hydrogen) atoms. The zero-order valence-corrected chi connectivity index (χ0v) is 13.1. The second kappa shape index (κ2) is 7.28. The van der Waals surface area contributed by atoms with E-state index in [0.717, 1.165) is 5.56 Å². The van der Waals surface area contributed by atoms with Crippen molar-refractivity contribution in [1.82, 2.24) is 5.32 Å². The molecule has 0 aliphatic carbocycles. The smallest absolute Gasteiger partial charge is 0.251 e. The molecule has 0 fully saturated rings. The van der Waals surface area contributed by atoms with Gasteiger partial charge in [-0.25, -0.2) is 0 Å². The van der Waals surface area contributed by atoms with Crippen molar-refractivity contribution in [2.45, 2.75) is 13.5 Å². The lowest BCUT2D eigenvalue weighted by molar-refractivity contribution is 0.0951. The molecule has 3 N–H and O–H groups in total. The minimum Gasteiger partial charge on any atom is -0.348 e. The van der Waals surface area contributed by atoms with Crippen molar-refractivity contribution < 1.29 is 4.79 Å². The van der Waals surface area contributed by atoms with E-state index in [1.165, 1.54) is 5.56 Å². The zero-order chi connectivity index (χ0) is 15.2. The average molecular weight is 319 g/mol. The first-order valence-electron chi connectivity index (χ1n) is 6.40. The highest BCUT2D eigenvalue weighted by Crippen LogP contribution is 2.17. The third-order valence-corrected chi connectivity index (χ3v) is 4.18. The molecule has 0 unspecified atom stereocenters. The summed E-state index contributed by atoms with van der Waals surface area (Å²) >= 11 is 7.74. The Balaban J connectivity index is 2.06. The summed E-state index contributed by atoms with van der Waals surface area (Å²) in [4.78, 5) is 12.1. The highest BCUT2D eigenvalue weighted by molar-refractivity contribution is 7.08. The first-order chi connectivity index (χ1) is 10.1. The Morgan fingerprint density at radius 3 is 2.86 bits per heavy atom. The van der Waals surface area contributed by atoms with Crippen LogP contribution in [0.5, 0.6) is 0 Å². The molecule has 0 aliphatic rings. The summed E-state index contributed by atoms with van der Waals surface area (Å²) in [7, 11) is 0.